The number of nitrogens with one attached hydrogen (secondary N) is 1. The Hall–Kier alpha value is -0.640. The van der Waals surface area contributed by atoms with Crippen molar-refractivity contribution in [3.05, 3.63) is 56.2 Å². The molecule has 1 aromatic carbocycles. The van der Waals surface area contributed by atoms with Crippen molar-refractivity contribution in [1.82, 2.24) is 5.32 Å². The lowest BCUT2D eigenvalue weighted by molar-refractivity contribution is 0.578. The highest BCUT2D eigenvalue weighted by molar-refractivity contribution is 9.11. The van der Waals surface area contributed by atoms with Crippen LogP contribution >= 0.6 is 27.3 Å². The third-order valence-corrected chi connectivity index (χ3v) is 5.24. The molecule has 20 heavy (non-hydrogen) atoms. The zero-order valence-electron chi connectivity index (χ0n) is 12.3. The monoisotopic (exact) mass is 351 g/mol. The average molecular weight is 352 g/mol. The van der Waals surface area contributed by atoms with Crippen LogP contribution in [-0.2, 0) is 6.42 Å². The summed E-state index contributed by atoms with van der Waals surface area (Å²) < 4.78 is 1.21. The van der Waals surface area contributed by atoms with Crippen LogP contribution in [0.1, 0.15) is 48.7 Å². The summed E-state index contributed by atoms with van der Waals surface area (Å²) in [5.41, 5.74) is 2.77. The first kappa shape index (κ1) is 15.7. The Morgan fingerprint density at radius 2 is 1.65 bits per heavy atom. The van der Waals surface area contributed by atoms with Crippen LogP contribution in [0.4, 0.5) is 0 Å². The van der Waals surface area contributed by atoms with Crippen molar-refractivity contribution in [3.8, 4) is 0 Å². The van der Waals surface area contributed by atoms with Gasteiger partial charge in [-0.05, 0) is 58.5 Å². The van der Waals surface area contributed by atoms with E-state index in [0.29, 0.717) is 12.0 Å². The summed E-state index contributed by atoms with van der Waals surface area (Å²) in [4.78, 5) is 1.42. The van der Waals surface area contributed by atoms with Crippen LogP contribution in [0.5, 0.6) is 0 Å². The molecule has 108 valence electrons. The second-order valence-electron chi connectivity index (χ2n) is 5.45. The largest absolute Gasteiger partial charge is 0.310 e. The molecule has 2 aromatic rings. The van der Waals surface area contributed by atoms with Gasteiger partial charge in [-0.1, -0.05) is 38.1 Å². The van der Waals surface area contributed by atoms with Gasteiger partial charge >= 0.3 is 0 Å². The molecule has 0 bridgehead atoms. The van der Waals surface area contributed by atoms with E-state index >= 15 is 0 Å². The predicted octanol–water partition coefficient (Wildman–Crippen LogP) is 5.53. The molecule has 2 rings (SSSR count). The second kappa shape index (κ2) is 7.39. The Balaban J connectivity index is 1.83. The zero-order valence-corrected chi connectivity index (χ0v) is 14.7. The maximum atomic E-state index is 3.60. The van der Waals surface area contributed by atoms with Gasteiger partial charge in [-0.15, -0.1) is 11.3 Å². The molecule has 0 radical (unpaired) electrons. The van der Waals surface area contributed by atoms with Gasteiger partial charge in [0.05, 0.1) is 3.79 Å². The molecule has 0 amide bonds. The summed E-state index contributed by atoms with van der Waals surface area (Å²) in [6, 6.07) is 13.7. The molecule has 1 N–H and O–H groups in total. The van der Waals surface area contributed by atoms with Gasteiger partial charge in [-0.2, -0.15) is 0 Å². The molecule has 1 aromatic heterocycles. The van der Waals surface area contributed by atoms with Gasteiger partial charge in [-0.25, -0.2) is 0 Å². The minimum absolute atomic E-state index is 0.402. The normalized spacial score (nSPS) is 12.8. The SMILES string of the molecule is CC(C)c1ccc(C(C)NCCc2ccc(Br)s2)cc1. The van der Waals surface area contributed by atoms with Crippen LogP contribution in [0.2, 0.25) is 0 Å². The highest BCUT2D eigenvalue weighted by atomic mass is 79.9. The van der Waals surface area contributed by atoms with Crippen LogP contribution in [0.3, 0.4) is 0 Å². The zero-order chi connectivity index (χ0) is 14.5. The molecule has 1 heterocycles. The van der Waals surface area contributed by atoms with Crippen LogP contribution in [0.15, 0.2) is 40.2 Å². The van der Waals surface area contributed by atoms with Crippen molar-refractivity contribution in [2.45, 2.75) is 39.2 Å². The van der Waals surface area contributed by atoms with Gasteiger partial charge in [0, 0.05) is 17.5 Å². The van der Waals surface area contributed by atoms with E-state index in [9.17, 15) is 0 Å². The maximum absolute atomic E-state index is 3.60. The van der Waals surface area contributed by atoms with Crippen molar-refractivity contribution < 1.29 is 0 Å². The molecule has 0 aliphatic rings. The van der Waals surface area contributed by atoms with Crippen molar-refractivity contribution in [2.24, 2.45) is 0 Å². The molecular weight excluding hydrogens is 330 g/mol. The molecule has 1 nitrogen and oxygen atoms in total. The number of hydrogen-bond acceptors (Lipinski definition) is 2. The van der Waals surface area contributed by atoms with Gasteiger partial charge in [-0.3, -0.25) is 0 Å². The fourth-order valence-corrected chi connectivity index (χ4v) is 3.67. The van der Waals surface area contributed by atoms with Gasteiger partial charge < -0.3 is 5.32 Å². The van der Waals surface area contributed by atoms with E-state index in [2.05, 4.69) is 78.4 Å². The van der Waals surface area contributed by atoms with E-state index in [1.54, 1.807) is 0 Å². The Bertz CT molecular complexity index is 530. The summed E-state index contributed by atoms with van der Waals surface area (Å²) in [6.07, 6.45) is 1.09. The summed E-state index contributed by atoms with van der Waals surface area (Å²) >= 11 is 5.32. The summed E-state index contributed by atoms with van der Waals surface area (Å²) in [5.74, 6) is 0.601. The minimum atomic E-state index is 0.402. The number of hydrogen-bond donors (Lipinski definition) is 1. The summed E-state index contributed by atoms with van der Waals surface area (Å²) in [5, 5.41) is 3.60. The van der Waals surface area contributed by atoms with E-state index < -0.39 is 0 Å². The van der Waals surface area contributed by atoms with Crippen molar-refractivity contribution in [3.63, 3.8) is 0 Å². The topological polar surface area (TPSA) is 12.0 Å². The molecule has 0 saturated carbocycles. The third kappa shape index (κ3) is 4.44. The maximum Gasteiger partial charge on any atom is 0.0701 e. The Kier molecular flexibility index (Phi) is 5.82. The van der Waals surface area contributed by atoms with Crippen molar-refractivity contribution in [1.29, 1.82) is 0 Å². The van der Waals surface area contributed by atoms with E-state index in [1.165, 1.54) is 19.8 Å². The first-order valence-corrected chi connectivity index (χ1v) is 8.74. The van der Waals surface area contributed by atoms with Gasteiger partial charge in [0.1, 0.15) is 0 Å². The molecule has 1 atom stereocenters. The van der Waals surface area contributed by atoms with Gasteiger partial charge in [0.25, 0.3) is 0 Å². The molecule has 0 saturated heterocycles. The minimum Gasteiger partial charge on any atom is -0.310 e. The number of thiophene rings is 1. The highest BCUT2D eigenvalue weighted by Gasteiger charge is 2.06. The Morgan fingerprint density at radius 1 is 1.00 bits per heavy atom. The molecule has 0 aliphatic heterocycles. The molecule has 0 fully saturated rings. The van der Waals surface area contributed by atoms with Gasteiger partial charge in [0.2, 0.25) is 0 Å². The fraction of sp³-hybridized carbons (Fsp3) is 0.412. The standard InChI is InChI=1S/C17H22BrNS/c1-12(2)14-4-6-15(7-5-14)13(3)19-11-10-16-8-9-17(18)20-16/h4-9,12-13,19H,10-11H2,1-3H3. The van der Waals surface area contributed by atoms with Crippen LogP contribution < -0.4 is 5.32 Å². The lowest BCUT2D eigenvalue weighted by Gasteiger charge is -2.15. The van der Waals surface area contributed by atoms with Crippen LogP contribution in [-0.4, -0.2) is 6.54 Å². The summed E-state index contributed by atoms with van der Waals surface area (Å²) in [7, 11) is 0. The van der Waals surface area contributed by atoms with Gasteiger partial charge in [0.15, 0.2) is 0 Å². The van der Waals surface area contributed by atoms with Crippen LogP contribution in [0, 0.1) is 0 Å². The van der Waals surface area contributed by atoms with E-state index in [1.807, 2.05) is 11.3 Å². The lowest BCUT2D eigenvalue weighted by Crippen LogP contribution is -2.21. The fourth-order valence-electron chi connectivity index (χ4n) is 2.19. The third-order valence-electron chi connectivity index (χ3n) is 3.55. The Morgan fingerprint density at radius 3 is 2.20 bits per heavy atom. The number of benzene rings is 1. The van der Waals surface area contributed by atoms with Crippen molar-refractivity contribution in [2.75, 3.05) is 6.54 Å². The van der Waals surface area contributed by atoms with E-state index in [0.717, 1.165) is 13.0 Å². The second-order valence-corrected chi connectivity index (χ2v) is 8.00. The average Bonchev–Trinajstić information content (AvgIpc) is 2.84. The Labute approximate surface area is 134 Å². The smallest absolute Gasteiger partial charge is 0.0701 e. The van der Waals surface area contributed by atoms with E-state index in [4.69, 9.17) is 0 Å². The lowest BCUT2D eigenvalue weighted by atomic mass is 9.99. The molecule has 3 heteroatoms. The number of halogens is 1. The highest BCUT2D eigenvalue weighted by Crippen LogP contribution is 2.22. The summed E-state index contributed by atoms with van der Waals surface area (Å²) in [6.45, 7) is 7.71. The quantitative estimate of drug-likeness (QED) is 0.721. The van der Waals surface area contributed by atoms with E-state index in [-0.39, 0.29) is 0 Å². The first-order chi connectivity index (χ1) is 9.56. The first-order valence-electron chi connectivity index (χ1n) is 7.13. The van der Waals surface area contributed by atoms with Crippen molar-refractivity contribution >= 4 is 27.3 Å². The predicted molar refractivity (Wildman–Crippen MR) is 92.7 cm³/mol. The van der Waals surface area contributed by atoms with Crippen LogP contribution in [0.25, 0.3) is 0 Å². The molecule has 0 aliphatic carbocycles. The number of rotatable bonds is 6. The molecule has 1 unspecified atom stereocenters. The molecule has 0 spiro atoms. The molecular formula is C17H22BrNS.